The molecule has 2 rings (SSSR count). The Labute approximate surface area is 116 Å². The lowest BCUT2D eigenvalue weighted by molar-refractivity contribution is 0.0235. The van der Waals surface area contributed by atoms with Crippen LogP contribution in [0.2, 0.25) is 10.0 Å². The Kier molecular flexibility index (Phi) is 5.02. The Morgan fingerprint density at radius 1 is 0.889 bits per heavy atom. The summed E-state index contributed by atoms with van der Waals surface area (Å²) in [6.45, 7) is 0.980. The van der Waals surface area contributed by atoms with Crippen LogP contribution in [0, 0.1) is 0 Å². The van der Waals surface area contributed by atoms with Gasteiger partial charge in [-0.15, -0.1) is 0 Å². The average molecular weight is 282 g/mol. The first kappa shape index (κ1) is 13.4. The zero-order chi connectivity index (χ0) is 12.8. The van der Waals surface area contributed by atoms with Gasteiger partial charge in [-0.2, -0.15) is 5.48 Å². The fourth-order valence-corrected chi connectivity index (χ4v) is 2.06. The van der Waals surface area contributed by atoms with Crippen LogP contribution < -0.4 is 5.48 Å². The lowest BCUT2D eigenvalue weighted by Gasteiger charge is -2.09. The first-order chi connectivity index (χ1) is 8.77. The van der Waals surface area contributed by atoms with Crippen molar-refractivity contribution in [3.8, 4) is 0 Å². The Hall–Kier alpha value is -1.06. The van der Waals surface area contributed by atoms with Gasteiger partial charge in [0.15, 0.2) is 0 Å². The standard InChI is InChI=1S/C14H13Cl2NO/c15-13-7-4-8-14(16)12(13)9-17-18-10-11-5-2-1-3-6-11/h1-8,17H,9-10H2. The van der Waals surface area contributed by atoms with Crippen LogP contribution in [0.1, 0.15) is 11.1 Å². The van der Waals surface area contributed by atoms with Crippen LogP contribution in [-0.4, -0.2) is 0 Å². The fourth-order valence-electron chi connectivity index (χ4n) is 1.53. The van der Waals surface area contributed by atoms with Gasteiger partial charge in [0.25, 0.3) is 0 Å². The molecule has 4 heteroatoms. The molecule has 1 N–H and O–H groups in total. The fraction of sp³-hybridized carbons (Fsp3) is 0.143. The predicted octanol–water partition coefficient (Wildman–Crippen LogP) is 4.21. The van der Waals surface area contributed by atoms with E-state index in [1.165, 1.54) is 0 Å². The molecule has 18 heavy (non-hydrogen) atoms. The monoisotopic (exact) mass is 281 g/mol. The zero-order valence-electron chi connectivity index (χ0n) is 9.70. The maximum absolute atomic E-state index is 6.05. The lowest BCUT2D eigenvalue weighted by atomic mass is 10.2. The molecular formula is C14H13Cl2NO. The van der Waals surface area contributed by atoms with E-state index in [9.17, 15) is 0 Å². The highest BCUT2D eigenvalue weighted by atomic mass is 35.5. The van der Waals surface area contributed by atoms with Crippen molar-refractivity contribution in [2.24, 2.45) is 0 Å². The van der Waals surface area contributed by atoms with E-state index in [-0.39, 0.29) is 0 Å². The summed E-state index contributed by atoms with van der Waals surface area (Å²) in [6, 6.07) is 15.4. The first-order valence-electron chi connectivity index (χ1n) is 5.59. The molecule has 2 aromatic carbocycles. The molecule has 0 heterocycles. The Morgan fingerprint density at radius 2 is 1.56 bits per heavy atom. The van der Waals surface area contributed by atoms with Gasteiger partial charge in [-0.3, -0.25) is 4.84 Å². The van der Waals surface area contributed by atoms with Gasteiger partial charge in [0.2, 0.25) is 0 Å². The van der Waals surface area contributed by atoms with Crippen LogP contribution in [0.5, 0.6) is 0 Å². The Balaban J connectivity index is 1.82. The molecule has 0 atom stereocenters. The maximum atomic E-state index is 6.05. The van der Waals surface area contributed by atoms with Crippen molar-refractivity contribution in [2.75, 3.05) is 0 Å². The number of benzene rings is 2. The molecule has 0 aliphatic heterocycles. The molecule has 0 aromatic heterocycles. The lowest BCUT2D eigenvalue weighted by Crippen LogP contribution is -2.14. The SMILES string of the molecule is Clc1cccc(Cl)c1CNOCc1ccccc1. The minimum Gasteiger partial charge on any atom is -0.297 e. The molecule has 2 aromatic rings. The summed E-state index contributed by atoms with van der Waals surface area (Å²) in [6.07, 6.45) is 0. The van der Waals surface area contributed by atoms with Crippen molar-refractivity contribution in [3.63, 3.8) is 0 Å². The number of hydrogen-bond donors (Lipinski definition) is 1. The number of halogens is 2. The van der Waals surface area contributed by atoms with Crippen molar-refractivity contribution in [1.29, 1.82) is 0 Å². The van der Waals surface area contributed by atoms with E-state index in [1.807, 2.05) is 48.5 Å². The molecule has 0 bridgehead atoms. The van der Waals surface area contributed by atoms with E-state index in [0.717, 1.165) is 11.1 Å². The van der Waals surface area contributed by atoms with Gasteiger partial charge in [0, 0.05) is 22.2 Å². The largest absolute Gasteiger partial charge is 0.297 e. The van der Waals surface area contributed by atoms with Gasteiger partial charge in [0.05, 0.1) is 6.61 Å². The minimum absolute atomic E-state index is 0.478. The number of hydroxylamine groups is 1. The molecular weight excluding hydrogens is 269 g/mol. The van der Waals surface area contributed by atoms with Crippen LogP contribution in [0.3, 0.4) is 0 Å². The minimum atomic E-state index is 0.478. The average Bonchev–Trinajstić information content (AvgIpc) is 2.38. The van der Waals surface area contributed by atoms with Crippen LogP contribution in [0.4, 0.5) is 0 Å². The Morgan fingerprint density at radius 3 is 2.22 bits per heavy atom. The molecule has 2 nitrogen and oxygen atoms in total. The van der Waals surface area contributed by atoms with Crippen molar-refractivity contribution >= 4 is 23.2 Å². The van der Waals surface area contributed by atoms with Crippen LogP contribution in [-0.2, 0) is 18.0 Å². The molecule has 0 aliphatic rings. The molecule has 0 radical (unpaired) electrons. The first-order valence-corrected chi connectivity index (χ1v) is 6.34. The number of nitrogens with one attached hydrogen (secondary N) is 1. The van der Waals surface area contributed by atoms with Gasteiger partial charge < -0.3 is 0 Å². The number of hydrogen-bond acceptors (Lipinski definition) is 2. The van der Waals surface area contributed by atoms with Crippen molar-refractivity contribution < 1.29 is 4.84 Å². The molecule has 0 saturated heterocycles. The maximum Gasteiger partial charge on any atom is 0.0933 e. The smallest absolute Gasteiger partial charge is 0.0933 e. The second-order valence-electron chi connectivity index (χ2n) is 3.80. The molecule has 0 aliphatic carbocycles. The van der Waals surface area contributed by atoms with Crippen molar-refractivity contribution in [2.45, 2.75) is 13.2 Å². The van der Waals surface area contributed by atoms with Crippen molar-refractivity contribution in [3.05, 3.63) is 69.7 Å². The third-order valence-corrected chi connectivity index (χ3v) is 3.20. The molecule has 94 valence electrons. The topological polar surface area (TPSA) is 21.3 Å². The normalized spacial score (nSPS) is 10.6. The number of rotatable bonds is 5. The van der Waals surface area contributed by atoms with Crippen LogP contribution in [0.15, 0.2) is 48.5 Å². The third kappa shape index (κ3) is 3.72. The van der Waals surface area contributed by atoms with Gasteiger partial charge in [0.1, 0.15) is 0 Å². The highest BCUT2D eigenvalue weighted by molar-refractivity contribution is 6.35. The highest BCUT2D eigenvalue weighted by Gasteiger charge is 2.04. The van der Waals surface area contributed by atoms with Crippen molar-refractivity contribution in [1.82, 2.24) is 5.48 Å². The van der Waals surface area contributed by atoms with E-state index >= 15 is 0 Å². The quantitative estimate of drug-likeness (QED) is 0.655. The van der Waals surface area contributed by atoms with Gasteiger partial charge >= 0.3 is 0 Å². The summed E-state index contributed by atoms with van der Waals surface area (Å²) < 4.78 is 0. The van der Waals surface area contributed by atoms with Gasteiger partial charge in [-0.05, 0) is 17.7 Å². The van der Waals surface area contributed by atoms with Crippen LogP contribution >= 0.6 is 23.2 Å². The summed E-state index contributed by atoms with van der Waals surface area (Å²) in [5.74, 6) is 0. The summed E-state index contributed by atoms with van der Waals surface area (Å²) in [4.78, 5) is 5.37. The Bertz CT molecular complexity index is 482. The van der Waals surface area contributed by atoms with E-state index in [1.54, 1.807) is 0 Å². The molecule has 0 fully saturated rings. The molecule has 0 amide bonds. The van der Waals surface area contributed by atoms with Gasteiger partial charge in [-0.1, -0.05) is 59.6 Å². The zero-order valence-corrected chi connectivity index (χ0v) is 11.2. The van der Waals surface area contributed by atoms with Gasteiger partial charge in [-0.25, -0.2) is 0 Å². The second-order valence-corrected chi connectivity index (χ2v) is 4.61. The van der Waals surface area contributed by atoms with E-state index in [2.05, 4.69) is 5.48 Å². The summed E-state index contributed by atoms with van der Waals surface area (Å²) >= 11 is 12.1. The van der Waals surface area contributed by atoms with E-state index < -0.39 is 0 Å². The molecule has 0 spiro atoms. The third-order valence-electron chi connectivity index (χ3n) is 2.49. The van der Waals surface area contributed by atoms with Crippen LogP contribution in [0.25, 0.3) is 0 Å². The summed E-state index contributed by atoms with van der Waals surface area (Å²) in [5.41, 5.74) is 4.81. The summed E-state index contributed by atoms with van der Waals surface area (Å²) in [7, 11) is 0. The summed E-state index contributed by atoms with van der Waals surface area (Å²) in [5, 5.41) is 1.27. The van der Waals surface area contributed by atoms with E-state index in [0.29, 0.717) is 23.2 Å². The second kappa shape index (κ2) is 6.76. The molecule has 0 saturated carbocycles. The highest BCUT2D eigenvalue weighted by Crippen LogP contribution is 2.23. The predicted molar refractivity (Wildman–Crippen MR) is 74.5 cm³/mol. The van der Waals surface area contributed by atoms with E-state index in [4.69, 9.17) is 28.0 Å². The molecule has 0 unspecified atom stereocenters.